The van der Waals surface area contributed by atoms with Crippen LogP contribution in [0.1, 0.15) is 56.3 Å². The highest BCUT2D eigenvalue weighted by molar-refractivity contribution is 5.92. The van der Waals surface area contributed by atoms with Crippen molar-refractivity contribution in [1.82, 2.24) is 15.1 Å². The number of rotatable bonds is 4. The summed E-state index contributed by atoms with van der Waals surface area (Å²) in [5.41, 5.74) is 1.93. The van der Waals surface area contributed by atoms with E-state index in [0.717, 1.165) is 29.3 Å². The molecule has 0 bridgehead atoms. The number of carbonyl (C=O) groups excluding carboxylic acids is 2. The van der Waals surface area contributed by atoms with Gasteiger partial charge in [0.05, 0.1) is 11.7 Å². The van der Waals surface area contributed by atoms with Crippen LogP contribution in [0.15, 0.2) is 24.4 Å². The monoisotopic (exact) mass is 341 g/mol. The van der Waals surface area contributed by atoms with E-state index in [1.807, 2.05) is 25.1 Å². The summed E-state index contributed by atoms with van der Waals surface area (Å²) in [7, 11) is 0. The van der Waals surface area contributed by atoms with Crippen molar-refractivity contribution < 1.29 is 9.59 Å². The fourth-order valence-corrected chi connectivity index (χ4v) is 3.74. The van der Waals surface area contributed by atoms with Gasteiger partial charge in [-0.3, -0.25) is 9.59 Å². The van der Waals surface area contributed by atoms with Crippen molar-refractivity contribution in [2.75, 3.05) is 0 Å². The zero-order valence-electron chi connectivity index (χ0n) is 15.3. The van der Waals surface area contributed by atoms with Gasteiger partial charge < -0.3 is 5.32 Å². The SMILES string of the molecule is Cc1ccc2c(cnn2C(=O)CCC(=O)NC2CCCC(C)C2C)c1. The van der Waals surface area contributed by atoms with Gasteiger partial charge >= 0.3 is 0 Å². The van der Waals surface area contributed by atoms with Crippen LogP contribution in [0.4, 0.5) is 0 Å². The number of nitrogens with zero attached hydrogens (tertiary/aromatic N) is 2. The number of aryl methyl sites for hydroxylation is 1. The minimum Gasteiger partial charge on any atom is -0.353 e. The molecule has 1 N–H and O–H groups in total. The summed E-state index contributed by atoms with van der Waals surface area (Å²) >= 11 is 0. The van der Waals surface area contributed by atoms with Crippen LogP contribution in [-0.2, 0) is 4.79 Å². The summed E-state index contributed by atoms with van der Waals surface area (Å²) in [5, 5.41) is 8.26. The van der Waals surface area contributed by atoms with Crippen LogP contribution >= 0.6 is 0 Å². The molecule has 0 saturated heterocycles. The normalized spacial score (nSPS) is 23.6. The van der Waals surface area contributed by atoms with Crippen LogP contribution in [0.5, 0.6) is 0 Å². The molecule has 0 aliphatic heterocycles. The quantitative estimate of drug-likeness (QED) is 0.922. The highest BCUT2D eigenvalue weighted by Gasteiger charge is 2.28. The molecule has 2 aromatic rings. The highest BCUT2D eigenvalue weighted by atomic mass is 16.2. The summed E-state index contributed by atoms with van der Waals surface area (Å²) in [4.78, 5) is 24.7. The Hall–Kier alpha value is -2.17. The first-order valence-electron chi connectivity index (χ1n) is 9.22. The summed E-state index contributed by atoms with van der Waals surface area (Å²) in [5.74, 6) is 0.956. The van der Waals surface area contributed by atoms with Gasteiger partial charge in [0, 0.05) is 24.3 Å². The fraction of sp³-hybridized carbons (Fsp3) is 0.550. The second-order valence-electron chi connectivity index (χ2n) is 7.45. The number of benzene rings is 1. The summed E-state index contributed by atoms with van der Waals surface area (Å²) < 4.78 is 1.41. The Morgan fingerprint density at radius 2 is 2.04 bits per heavy atom. The Balaban J connectivity index is 1.57. The van der Waals surface area contributed by atoms with Gasteiger partial charge in [0.1, 0.15) is 0 Å². The Bertz CT molecular complexity index is 780. The third-order valence-corrected chi connectivity index (χ3v) is 5.58. The smallest absolute Gasteiger partial charge is 0.247 e. The molecule has 25 heavy (non-hydrogen) atoms. The third-order valence-electron chi connectivity index (χ3n) is 5.58. The van der Waals surface area contributed by atoms with Crippen LogP contribution in [0.3, 0.4) is 0 Å². The van der Waals surface area contributed by atoms with Crippen molar-refractivity contribution >= 4 is 22.7 Å². The maximum Gasteiger partial charge on any atom is 0.247 e. The van der Waals surface area contributed by atoms with Gasteiger partial charge in [0.15, 0.2) is 0 Å². The molecule has 3 rings (SSSR count). The second-order valence-corrected chi connectivity index (χ2v) is 7.45. The molecule has 1 amide bonds. The lowest BCUT2D eigenvalue weighted by atomic mass is 9.78. The van der Waals surface area contributed by atoms with Crippen molar-refractivity contribution in [3.05, 3.63) is 30.0 Å². The average Bonchev–Trinajstić information content (AvgIpc) is 3.00. The first-order valence-corrected chi connectivity index (χ1v) is 9.22. The van der Waals surface area contributed by atoms with Crippen molar-refractivity contribution in [3.63, 3.8) is 0 Å². The van der Waals surface area contributed by atoms with E-state index in [1.165, 1.54) is 11.1 Å². The van der Waals surface area contributed by atoms with Crippen LogP contribution in [-0.4, -0.2) is 27.6 Å². The van der Waals surface area contributed by atoms with Crippen molar-refractivity contribution in [1.29, 1.82) is 0 Å². The van der Waals surface area contributed by atoms with E-state index >= 15 is 0 Å². The number of carbonyl (C=O) groups is 2. The van der Waals surface area contributed by atoms with Gasteiger partial charge in [-0.15, -0.1) is 0 Å². The Labute approximate surface area is 148 Å². The van der Waals surface area contributed by atoms with E-state index in [4.69, 9.17) is 0 Å². The van der Waals surface area contributed by atoms with Gasteiger partial charge in [-0.1, -0.05) is 38.3 Å². The van der Waals surface area contributed by atoms with E-state index in [-0.39, 0.29) is 30.7 Å². The molecular weight excluding hydrogens is 314 g/mol. The van der Waals surface area contributed by atoms with Crippen molar-refractivity contribution in [2.24, 2.45) is 11.8 Å². The van der Waals surface area contributed by atoms with E-state index in [0.29, 0.717) is 11.8 Å². The van der Waals surface area contributed by atoms with E-state index < -0.39 is 0 Å². The molecule has 0 radical (unpaired) electrons. The summed E-state index contributed by atoms with van der Waals surface area (Å²) in [6, 6.07) is 6.11. The lowest BCUT2D eigenvalue weighted by Gasteiger charge is -2.34. The summed E-state index contributed by atoms with van der Waals surface area (Å²) in [6.07, 6.45) is 5.52. The van der Waals surface area contributed by atoms with Crippen molar-refractivity contribution in [2.45, 2.75) is 58.9 Å². The van der Waals surface area contributed by atoms with Crippen LogP contribution in [0.25, 0.3) is 10.9 Å². The predicted octanol–water partition coefficient (Wildman–Crippen LogP) is 3.71. The molecule has 1 heterocycles. The molecule has 1 aromatic carbocycles. The first kappa shape index (κ1) is 17.6. The summed E-state index contributed by atoms with van der Waals surface area (Å²) in [6.45, 7) is 6.46. The van der Waals surface area contributed by atoms with E-state index in [2.05, 4.69) is 24.3 Å². The number of fused-ring (bicyclic) bond motifs is 1. The van der Waals surface area contributed by atoms with Gasteiger partial charge in [-0.25, -0.2) is 4.68 Å². The maximum atomic E-state index is 12.4. The molecule has 3 atom stereocenters. The minimum atomic E-state index is -0.140. The maximum absolute atomic E-state index is 12.4. The van der Waals surface area contributed by atoms with Gasteiger partial charge in [0.2, 0.25) is 11.8 Å². The molecule has 1 aromatic heterocycles. The lowest BCUT2D eigenvalue weighted by Crippen LogP contribution is -2.43. The van der Waals surface area contributed by atoms with E-state index in [1.54, 1.807) is 6.20 Å². The first-order chi connectivity index (χ1) is 12.0. The Morgan fingerprint density at radius 1 is 1.24 bits per heavy atom. The van der Waals surface area contributed by atoms with Gasteiger partial charge in [-0.05, 0) is 37.3 Å². The minimum absolute atomic E-state index is 0.0355. The second kappa shape index (κ2) is 7.38. The number of aromatic nitrogens is 2. The molecule has 3 unspecified atom stereocenters. The molecular formula is C20H27N3O2. The lowest BCUT2D eigenvalue weighted by molar-refractivity contribution is -0.122. The van der Waals surface area contributed by atoms with Gasteiger partial charge in [0.25, 0.3) is 0 Å². The Morgan fingerprint density at radius 3 is 2.84 bits per heavy atom. The molecule has 1 aliphatic rings. The molecule has 1 saturated carbocycles. The molecule has 5 heteroatoms. The number of nitrogens with one attached hydrogen (secondary N) is 1. The highest BCUT2D eigenvalue weighted by Crippen LogP contribution is 2.29. The predicted molar refractivity (Wildman–Crippen MR) is 98.4 cm³/mol. The number of amides is 1. The molecule has 1 fully saturated rings. The number of hydrogen-bond acceptors (Lipinski definition) is 3. The topological polar surface area (TPSA) is 64.0 Å². The zero-order chi connectivity index (χ0) is 18.0. The molecule has 5 nitrogen and oxygen atoms in total. The zero-order valence-corrected chi connectivity index (χ0v) is 15.3. The Kier molecular flexibility index (Phi) is 5.21. The third kappa shape index (κ3) is 3.91. The van der Waals surface area contributed by atoms with Crippen molar-refractivity contribution in [3.8, 4) is 0 Å². The number of hydrogen-bond donors (Lipinski definition) is 1. The standard InChI is InChI=1S/C20H27N3O2/c1-13-7-8-18-16(11-13)12-21-23(18)20(25)10-9-19(24)22-17-6-4-5-14(2)15(17)3/h7-8,11-12,14-15,17H,4-6,9-10H2,1-3H3,(H,22,24). The fourth-order valence-electron chi connectivity index (χ4n) is 3.74. The molecule has 1 aliphatic carbocycles. The molecule has 134 valence electrons. The average molecular weight is 341 g/mol. The van der Waals surface area contributed by atoms with Crippen LogP contribution in [0, 0.1) is 18.8 Å². The van der Waals surface area contributed by atoms with Crippen LogP contribution in [0.2, 0.25) is 0 Å². The molecule has 0 spiro atoms. The van der Waals surface area contributed by atoms with E-state index in [9.17, 15) is 9.59 Å². The van der Waals surface area contributed by atoms with Gasteiger partial charge in [-0.2, -0.15) is 5.10 Å². The van der Waals surface area contributed by atoms with Crippen LogP contribution < -0.4 is 5.32 Å². The largest absolute Gasteiger partial charge is 0.353 e.